The Morgan fingerprint density at radius 2 is 1.16 bits per heavy atom. The number of hydrogen-bond acceptors (Lipinski definition) is 0. The van der Waals surface area contributed by atoms with Gasteiger partial charge in [-0.15, -0.1) is 0 Å². The molecule has 9 rings (SSSR count). The van der Waals surface area contributed by atoms with E-state index in [9.17, 15) is 0 Å². The van der Waals surface area contributed by atoms with Crippen molar-refractivity contribution in [3.05, 3.63) is 131 Å². The van der Waals surface area contributed by atoms with Crippen LogP contribution in [0.4, 0.5) is 0 Å². The van der Waals surface area contributed by atoms with Gasteiger partial charge in [0.05, 0.1) is 11.0 Å². The van der Waals surface area contributed by atoms with Crippen LogP contribution in [0.3, 0.4) is 0 Å². The van der Waals surface area contributed by atoms with E-state index in [1.807, 2.05) is 0 Å². The molecule has 0 atom stereocenters. The van der Waals surface area contributed by atoms with Gasteiger partial charge in [-0.05, 0) is 87.3 Å². The van der Waals surface area contributed by atoms with Gasteiger partial charge in [0, 0.05) is 50.1 Å². The molecule has 3 aromatic carbocycles. The van der Waals surface area contributed by atoms with Crippen LogP contribution < -0.4 is 0 Å². The molecule has 2 aromatic heterocycles. The van der Waals surface area contributed by atoms with Gasteiger partial charge in [0.25, 0.3) is 0 Å². The average Bonchev–Trinajstić information content (AvgIpc) is 3.62. The first-order valence-electron chi connectivity index (χ1n) is 16.9. The van der Waals surface area contributed by atoms with Gasteiger partial charge in [0.1, 0.15) is 0 Å². The lowest BCUT2D eigenvalue weighted by atomic mass is 9.63. The Morgan fingerprint density at radius 3 is 1.75 bits per heavy atom. The molecule has 1 saturated carbocycles. The van der Waals surface area contributed by atoms with Gasteiger partial charge in [-0.1, -0.05) is 104 Å². The van der Waals surface area contributed by atoms with Crippen LogP contribution in [0.2, 0.25) is 0 Å². The molecule has 0 bridgehead atoms. The fourth-order valence-electron chi connectivity index (χ4n) is 9.06. The minimum absolute atomic E-state index is 0.153. The summed E-state index contributed by atoms with van der Waals surface area (Å²) in [6.45, 7) is 0. The van der Waals surface area contributed by atoms with E-state index >= 15 is 0 Å². The highest BCUT2D eigenvalue weighted by atomic mass is 15.0. The second kappa shape index (κ2) is 10.4. The molecule has 4 aliphatic rings. The third-order valence-electron chi connectivity index (χ3n) is 11.1. The Bertz CT molecular complexity index is 1940. The largest absolute Gasteiger partial charge is 0.317 e. The van der Waals surface area contributed by atoms with Crippen LogP contribution in [0.1, 0.15) is 85.9 Å². The van der Waals surface area contributed by atoms with E-state index in [2.05, 4.69) is 118 Å². The Labute approximate surface area is 260 Å². The molecule has 1 fully saturated rings. The Hall–Kier alpha value is -4.30. The molecule has 0 radical (unpaired) electrons. The normalized spacial score (nSPS) is 19.1. The van der Waals surface area contributed by atoms with Crippen molar-refractivity contribution in [1.29, 1.82) is 0 Å². The fraction of sp³-hybridized carbons (Fsp3) is 0.286. The van der Waals surface area contributed by atoms with Crippen molar-refractivity contribution < 1.29 is 0 Å². The Kier molecular flexibility index (Phi) is 6.18. The molecule has 5 aromatic rings. The van der Waals surface area contributed by atoms with E-state index < -0.39 is 0 Å². The lowest BCUT2D eigenvalue weighted by Gasteiger charge is -2.41. The molecule has 2 heteroatoms. The van der Waals surface area contributed by atoms with Gasteiger partial charge in [0.2, 0.25) is 0 Å². The Balaban J connectivity index is 1.11. The molecular formula is C42H40N2. The lowest BCUT2D eigenvalue weighted by Crippen LogP contribution is -2.32. The van der Waals surface area contributed by atoms with Gasteiger partial charge in [-0.3, -0.25) is 0 Å². The summed E-state index contributed by atoms with van der Waals surface area (Å²) in [5.74, 6) is 0. The van der Waals surface area contributed by atoms with Crippen LogP contribution in [0.5, 0.6) is 0 Å². The van der Waals surface area contributed by atoms with E-state index in [1.54, 1.807) is 5.57 Å². The molecule has 2 heterocycles. The van der Waals surface area contributed by atoms with E-state index in [-0.39, 0.29) is 5.41 Å². The van der Waals surface area contributed by atoms with Crippen LogP contribution in [0.25, 0.3) is 45.3 Å². The number of aromatic nitrogens is 2. The SMILES string of the molecule is C1=Cc2c3c(n(-c4ccc(C5(C6=CC=C(n7c8ccccc8c8ccccc87)CC6)CCCCC5)cc4)c2CC1)CCC=C3. The molecule has 0 amide bonds. The molecular weight excluding hydrogens is 532 g/mol. The summed E-state index contributed by atoms with van der Waals surface area (Å²) in [5.41, 5.74) is 14.6. The van der Waals surface area contributed by atoms with Crippen molar-refractivity contribution in [2.45, 2.75) is 76.0 Å². The molecule has 218 valence electrons. The quantitative estimate of drug-likeness (QED) is 0.203. The van der Waals surface area contributed by atoms with Gasteiger partial charge >= 0.3 is 0 Å². The van der Waals surface area contributed by atoms with Crippen molar-refractivity contribution in [3.63, 3.8) is 0 Å². The second-order valence-electron chi connectivity index (χ2n) is 13.3. The van der Waals surface area contributed by atoms with Crippen LogP contribution in [0, 0.1) is 0 Å². The summed E-state index contributed by atoms with van der Waals surface area (Å²) in [7, 11) is 0. The zero-order valence-corrected chi connectivity index (χ0v) is 25.6. The molecule has 4 aliphatic carbocycles. The highest BCUT2D eigenvalue weighted by molar-refractivity contribution is 6.10. The van der Waals surface area contributed by atoms with Crippen molar-refractivity contribution in [1.82, 2.24) is 9.13 Å². The predicted octanol–water partition coefficient (Wildman–Crippen LogP) is 11.0. The predicted molar refractivity (Wildman–Crippen MR) is 186 cm³/mol. The maximum atomic E-state index is 2.61. The van der Waals surface area contributed by atoms with Crippen LogP contribution >= 0.6 is 0 Å². The zero-order chi connectivity index (χ0) is 29.1. The van der Waals surface area contributed by atoms with Gasteiger partial charge in [-0.25, -0.2) is 0 Å². The third-order valence-corrected chi connectivity index (χ3v) is 11.1. The standard InChI is InChI=1S/C42H40N2/c1-10-28-42(29-11-1,30-20-24-32(25-21-30)43-38-16-6-2-12-34(38)35-13-3-7-17-39(35)43)31-22-26-33(27-23-31)44-40-18-8-4-14-36(40)37-15-5-9-19-41(37)44/h2-7,12-17,20,22-24,26-27H,1,8-11,18-19,21,25,28-29H2. The number of hydrogen-bond donors (Lipinski definition) is 0. The summed E-state index contributed by atoms with van der Waals surface area (Å²) in [6.07, 6.45) is 27.7. The molecule has 44 heavy (non-hydrogen) atoms. The van der Waals surface area contributed by atoms with Crippen molar-refractivity contribution in [3.8, 4) is 5.69 Å². The summed E-state index contributed by atoms with van der Waals surface area (Å²) in [6, 6.07) is 27.6. The van der Waals surface area contributed by atoms with E-state index in [0.717, 1.165) is 38.5 Å². The van der Waals surface area contributed by atoms with Gasteiger partial charge in [0.15, 0.2) is 0 Å². The first kappa shape index (κ1) is 26.1. The van der Waals surface area contributed by atoms with Gasteiger partial charge < -0.3 is 9.13 Å². The Morgan fingerprint density at radius 1 is 0.545 bits per heavy atom. The lowest BCUT2D eigenvalue weighted by molar-refractivity contribution is 0.332. The monoisotopic (exact) mass is 572 g/mol. The van der Waals surface area contributed by atoms with E-state index in [0.29, 0.717) is 0 Å². The molecule has 2 nitrogen and oxygen atoms in total. The molecule has 0 unspecified atom stereocenters. The summed E-state index contributed by atoms with van der Waals surface area (Å²) in [4.78, 5) is 0. The minimum Gasteiger partial charge on any atom is -0.317 e. The number of benzene rings is 3. The van der Waals surface area contributed by atoms with Crippen LogP contribution in [0.15, 0.2) is 103 Å². The first-order valence-corrected chi connectivity index (χ1v) is 16.9. The van der Waals surface area contributed by atoms with Crippen molar-refractivity contribution in [2.24, 2.45) is 0 Å². The number of fused-ring (bicyclic) bond motifs is 6. The molecule has 0 aliphatic heterocycles. The van der Waals surface area contributed by atoms with E-state index in [1.165, 1.54) is 93.4 Å². The third kappa shape index (κ3) is 3.93. The highest BCUT2D eigenvalue weighted by Gasteiger charge is 2.38. The summed E-state index contributed by atoms with van der Waals surface area (Å²) in [5, 5.41) is 2.69. The maximum absolute atomic E-state index is 2.61. The molecule has 0 saturated heterocycles. The number of nitrogens with zero attached hydrogens (tertiary/aromatic N) is 2. The molecule has 0 N–H and O–H groups in total. The highest BCUT2D eigenvalue weighted by Crippen LogP contribution is 2.49. The van der Waals surface area contributed by atoms with Crippen molar-refractivity contribution >= 4 is 39.7 Å². The fourth-order valence-corrected chi connectivity index (χ4v) is 9.06. The topological polar surface area (TPSA) is 9.86 Å². The van der Waals surface area contributed by atoms with Crippen molar-refractivity contribution in [2.75, 3.05) is 0 Å². The summed E-state index contributed by atoms with van der Waals surface area (Å²) >= 11 is 0. The number of rotatable bonds is 4. The minimum atomic E-state index is 0.153. The zero-order valence-electron chi connectivity index (χ0n) is 25.6. The maximum Gasteiger partial charge on any atom is 0.0537 e. The molecule has 0 spiro atoms. The number of para-hydroxylation sites is 2. The second-order valence-corrected chi connectivity index (χ2v) is 13.3. The van der Waals surface area contributed by atoms with E-state index in [4.69, 9.17) is 0 Å². The first-order chi connectivity index (χ1) is 21.8. The van der Waals surface area contributed by atoms with Crippen LogP contribution in [-0.2, 0) is 18.3 Å². The smallest absolute Gasteiger partial charge is 0.0537 e. The summed E-state index contributed by atoms with van der Waals surface area (Å²) < 4.78 is 5.12. The average molecular weight is 573 g/mol. The number of allylic oxidation sites excluding steroid dienone is 6. The van der Waals surface area contributed by atoms with Gasteiger partial charge in [-0.2, -0.15) is 0 Å². The van der Waals surface area contributed by atoms with Crippen LogP contribution in [-0.4, -0.2) is 9.13 Å².